The maximum absolute atomic E-state index is 10.1. The van der Waals surface area contributed by atoms with Gasteiger partial charge in [-0.25, -0.2) is 0 Å². The van der Waals surface area contributed by atoms with E-state index in [4.69, 9.17) is 21.1 Å². The van der Waals surface area contributed by atoms with Crippen LogP contribution in [0.5, 0.6) is 17.2 Å². The Morgan fingerprint density at radius 3 is 2.89 bits per heavy atom. The molecule has 0 amide bonds. The highest BCUT2D eigenvalue weighted by Gasteiger charge is 2.22. The van der Waals surface area contributed by atoms with Crippen molar-refractivity contribution in [2.24, 2.45) is 0 Å². The van der Waals surface area contributed by atoms with Crippen molar-refractivity contribution in [1.82, 2.24) is 4.57 Å². The zero-order chi connectivity index (χ0) is 19.0. The number of hydrogen-bond acceptors (Lipinski definition) is 3. The van der Waals surface area contributed by atoms with Crippen molar-refractivity contribution in [1.29, 1.82) is 0 Å². The molecule has 0 unspecified atom stereocenters. The minimum absolute atomic E-state index is 0.277. The number of aromatic hydroxyl groups is 1. The number of aromatic nitrogens is 1. The largest absolute Gasteiger partial charge is 0.508 e. The van der Waals surface area contributed by atoms with Gasteiger partial charge in [0, 0.05) is 46.6 Å². The smallest absolute Gasteiger partial charge is 0.134 e. The second-order valence-corrected chi connectivity index (χ2v) is 7.10. The van der Waals surface area contributed by atoms with Gasteiger partial charge in [0.2, 0.25) is 0 Å². The summed E-state index contributed by atoms with van der Waals surface area (Å²) in [6.07, 6.45) is 3.57. The molecule has 4 nitrogen and oxygen atoms in total. The van der Waals surface area contributed by atoms with Gasteiger partial charge >= 0.3 is 0 Å². The highest BCUT2D eigenvalue weighted by Crippen LogP contribution is 2.39. The number of allylic oxidation sites excluding steroid dienone is 1. The third-order valence-corrected chi connectivity index (χ3v) is 5.37. The Labute approximate surface area is 163 Å². The molecule has 1 N–H and O–H groups in total. The molecule has 2 aromatic carbocycles. The first-order valence-electron chi connectivity index (χ1n) is 9.04. The number of aryl methyl sites for hydroxylation is 1. The summed E-state index contributed by atoms with van der Waals surface area (Å²) in [6.45, 7) is 2.98. The van der Waals surface area contributed by atoms with Crippen LogP contribution in [0.15, 0.2) is 42.2 Å². The fraction of sp³-hybridized carbons (Fsp3) is 0.273. The second-order valence-electron chi connectivity index (χ2n) is 6.72. The maximum atomic E-state index is 10.1. The molecule has 0 atom stereocenters. The van der Waals surface area contributed by atoms with Gasteiger partial charge in [-0.1, -0.05) is 6.07 Å². The normalized spacial score (nSPS) is 14.6. The van der Waals surface area contributed by atoms with Gasteiger partial charge in [-0.15, -0.1) is 11.6 Å². The van der Waals surface area contributed by atoms with Crippen molar-refractivity contribution in [2.45, 2.75) is 26.3 Å². The van der Waals surface area contributed by atoms with Crippen molar-refractivity contribution in [2.75, 3.05) is 13.0 Å². The monoisotopic (exact) mass is 383 g/mol. The van der Waals surface area contributed by atoms with Crippen LogP contribution in [0.25, 0.3) is 17.0 Å². The number of fused-ring (bicyclic) bond motifs is 2. The number of ether oxygens (including phenoxy) is 2. The van der Waals surface area contributed by atoms with E-state index in [0.717, 1.165) is 52.3 Å². The molecule has 0 spiro atoms. The van der Waals surface area contributed by atoms with E-state index in [0.29, 0.717) is 12.3 Å². The zero-order valence-electron chi connectivity index (χ0n) is 15.5. The molecule has 1 aliphatic rings. The molecular weight excluding hydrogens is 362 g/mol. The topological polar surface area (TPSA) is 43.6 Å². The average Bonchev–Trinajstić information content (AvgIpc) is 3.20. The number of methoxy groups -OCH3 is 1. The van der Waals surface area contributed by atoms with Crippen LogP contribution in [0.2, 0.25) is 0 Å². The third kappa shape index (κ3) is 3.15. The molecule has 0 aliphatic carbocycles. The SMILES string of the molecule is COc1ccc2c(c1)c(C=C1Cc3c(O)cccc3O1)c(C)n2CCCCl. The number of alkyl halides is 1. The minimum atomic E-state index is 0.277. The van der Waals surface area contributed by atoms with Gasteiger partial charge in [0.05, 0.1) is 7.11 Å². The molecule has 27 heavy (non-hydrogen) atoms. The number of hydrogen-bond donors (Lipinski definition) is 1. The van der Waals surface area contributed by atoms with Crippen LogP contribution in [0.3, 0.4) is 0 Å². The molecule has 0 fully saturated rings. The minimum Gasteiger partial charge on any atom is -0.508 e. The first kappa shape index (κ1) is 17.8. The first-order chi connectivity index (χ1) is 13.1. The van der Waals surface area contributed by atoms with Gasteiger partial charge in [-0.2, -0.15) is 0 Å². The predicted molar refractivity (Wildman–Crippen MR) is 109 cm³/mol. The van der Waals surface area contributed by atoms with Crippen LogP contribution in [0.4, 0.5) is 0 Å². The van der Waals surface area contributed by atoms with E-state index in [-0.39, 0.29) is 5.75 Å². The number of halogens is 1. The fourth-order valence-corrected chi connectivity index (χ4v) is 3.84. The predicted octanol–water partition coefficient (Wildman–Crippen LogP) is 5.27. The molecule has 0 saturated carbocycles. The zero-order valence-corrected chi connectivity index (χ0v) is 16.2. The molecular formula is C22H22ClNO3. The van der Waals surface area contributed by atoms with Crippen molar-refractivity contribution in [3.8, 4) is 17.2 Å². The lowest BCUT2D eigenvalue weighted by Gasteiger charge is -2.07. The fourth-order valence-electron chi connectivity index (χ4n) is 3.72. The standard InChI is InChI=1S/C22H22ClNO3/c1-14-17(12-16-13-19-21(25)5-3-6-22(19)27-16)18-11-15(26-2)7-8-20(18)24(14)10-4-9-23/h3,5-8,11-12,25H,4,9-10,13H2,1-2H3. The number of benzene rings is 2. The Hall–Kier alpha value is -2.59. The quantitative estimate of drug-likeness (QED) is 0.610. The molecule has 3 aromatic rings. The lowest BCUT2D eigenvalue weighted by Crippen LogP contribution is -2.01. The number of rotatable bonds is 5. The summed E-state index contributed by atoms with van der Waals surface area (Å²) in [5, 5.41) is 11.2. The van der Waals surface area contributed by atoms with Gasteiger partial charge in [0.1, 0.15) is 23.0 Å². The summed E-state index contributed by atoms with van der Waals surface area (Å²) in [4.78, 5) is 0. The van der Waals surface area contributed by atoms with Gasteiger partial charge in [0.25, 0.3) is 0 Å². The molecule has 0 radical (unpaired) electrons. The van der Waals surface area contributed by atoms with Crippen LogP contribution < -0.4 is 9.47 Å². The summed E-state index contributed by atoms with van der Waals surface area (Å²) >= 11 is 5.92. The molecule has 140 valence electrons. The molecule has 0 saturated heterocycles. The van der Waals surface area contributed by atoms with Crippen LogP contribution in [0, 0.1) is 6.92 Å². The molecule has 5 heteroatoms. The van der Waals surface area contributed by atoms with Crippen LogP contribution in [-0.4, -0.2) is 22.7 Å². The van der Waals surface area contributed by atoms with Crippen molar-refractivity contribution < 1.29 is 14.6 Å². The Morgan fingerprint density at radius 1 is 1.30 bits per heavy atom. The Morgan fingerprint density at radius 2 is 2.15 bits per heavy atom. The average molecular weight is 384 g/mol. The van der Waals surface area contributed by atoms with Crippen LogP contribution in [-0.2, 0) is 13.0 Å². The second kappa shape index (κ2) is 7.20. The lowest BCUT2D eigenvalue weighted by atomic mass is 10.1. The lowest BCUT2D eigenvalue weighted by molar-refractivity contribution is 0.415. The summed E-state index contributed by atoms with van der Waals surface area (Å²) in [7, 11) is 1.68. The van der Waals surface area contributed by atoms with E-state index >= 15 is 0 Å². The van der Waals surface area contributed by atoms with Gasteiger partial charge < -0.3 is 19.1 Å². The van der Waals surface area contributed by atoms with Gasteiger partial charge in [-0.3, -0.25) is 0 Å². The van der Waals surface area contributed by atoms with Crippen molar-refractivity contribution >= 4 is 28.6 Å². The number of phenols is 1. The van der Waals surface area contributed by atoms with E-state index in [2.05, 4.69) is 29.7 Å². The summed E-state index contributed by atoms with van der Waals surface area (Å²) in [5.41, 5.74) is 4.27. The van der Waals surface area contributed by atoms with Gasteiger partial charge in [-0.05, 0) is 49.8 Å². The highest BCUT2D eigenvalue weighted by atomic mass is 35.5. The Bertz CT molecular complexity index is 1040. The van der Waals surface area contributed by atoms with E-state index in [1.807, 2.05) is 12.1 Å². The molecule has 4 rings (SSSR count). The summed E-state index contributed by atoms with van der Waals surface area (Å²) in [6, 6.07) is 11.5. The van der Waals surface area contributed by atoms with Gasteiger partial charge in [0.15, 0.2) is 0 Å². The van der Waals surface area contributed by atoms with Crippen molar-refractivity contribution in [3.63, 3.8) is 0 Å². The Balaban J connectivity index is 1.81. The number of nitrogens with zero attached hydrogens (tertiary/aromatic N) is 1. The van der Waals surface area contributed by atoms with E-state index in [1.165, 1.54) is 5.69 Å². The molecule has 0 bridgehead atoms. The summed E-state index contributed by atoms with van der Waals surface area (Å²) < 4.78 is 13.7. The van der Waals surface area contributed by atoms with Crippen LogP contribution in [0.1, 0.15) is 23.2 Å². The Kier molecular flexibility index (Phi) is 4.75. The van der Waals surface area contributed by atoms with Crippen LogP contribution >= 0.6 is 11.6 Å². The van der Waals surface area contributed by atoms with Crippen molar-refractivity contribution in [3.05, 3.63) is 59.0 Å². The molecule has 2 heterocycles. The first-order valence-corrected chi connectivity index (χ1v) is 9.58. The molecule has 1 aromatic heterocycles. The molecule has 1 aliphatic heterocycles. The highest BCUT2D eigenvalue weighted by molar-refractivity contribution is 6.17. The maximum Gasteiger partial charge on any atom is 0.134 e. The third-order valence-electron chi connectivity index (χ3n) is 5.10. The van der Waals surface area contributed by atoms with E-state index < -0.39 is 0 Å². The number of phenolic OH excluding ortho intramolecular Hbond substituents is 1. The van der Waals surface area contributed by atoms with E-state index in [9.17, 15) is 5.11 Å². The van der Waals surface area contributed by atoms with E-state index in [1.54, 1.807) is 19.2 Å². The summed E-state index contributed by atoms with van der Waals surface area (Å²) in [5.74, 6) is 3.28.